The maximum absolute atomic E-state index is 12.3. The van der Waals surface area contributed by atoms with Crippen LogP contribution in [0.2, 0.25) is 0 Å². The summed E-state index contributed by atoms with van der Waals surface area (Å²) in [5.41, 5.74) is 0.623. The molecule has 0 unspecified atom stereocenters. The SMILES string of the molecule is CNc1ccccc1S(=O)(=O)NCCN1CCCCC1. The number of rotatable bonds is 6. The highest BCUT2D eigenvalue weighted by Crippen LogP contribution is 2.19. The van der Waals surface area contributed by atoms with Gasteiger partial charge in [-0.2, -0.15) is 0 Å². The van der Waals surface area contributed by atoms with Crippen molar-refractivity contribution in [2.24, 2.45) is 0 Å². The number of nitrogens with one attached hydrogen (secondary N) is 2. The maximum atomic E-state index is 12.3. The molecule has 1 aliphatic heterocycles. The Bertz CT molecular complexity index is 525. The highest BCUT2D eigenvalue weighted by Gasteiger charge is 2.18. The average Bonchev–Trinajstić information content (AvgIpc) is 2.48. The molecule has 2 rings (SSSR count). The summed E-state index contributed by atoms with van der Waals surface area (Å²) in [4.78, 5) is 2.62. The molecule has 6 heteroatoms. The zero-order valence-electron chi connectivity index (χ0n) is 11.9. The zero-order valence-corrected chi connectivity index (χ0v) is 12.7. The minimum absolute atomic E-state index is 0.307. The predicted molar refractivity (Wildman–Crippen MR) is 81.5 cm³/mol. The van der Waals surface area contributed by atoms with Crippen molar-refractivity contribution >= 4 is 15.7 Å². The second kappa shape index (κ2) is 7.06. The molecule has 1 saturated heterocycles. The van der Waals surface area contributed by atoms with Gasteiger partial charge in [-0.3, -0.25) is 0 Å². The topological polar surface area (TPSA) is 61.4 Å². The molecule has 5 nitrogen and oxygen atoms in total. The number of benzene rings is 1. The van der Waals surface area contributed by atoms with Crippen molar-refractivity contribution in [3.63, 3.8) is 0 Å². The van der Waals surface area contributed by atoms with Crippen LogP contribution in [0.1, 0.15) is 19.3 Å². The van der Waals surface area contributed by atoms with Crippen LogP contribution < -0.4 is 10.0 Å². The number of hydrogen-bond donors (Lipinski definition) is 2. The van der Waals surface area contributed by atoms with Gasteiger partial charge in [0, 0.05) is 20.1 Å². The molecule has 1 heterocycles. The molecule has 112 valence electrons. The van der Waals surface area contributed by atoms with Gasteiger partial charge in [0.1, 0.15) is 4.90 Å². The fourth-order valence-electron chi connectivity index (χ4n) is 2.51. The number of anilines is 1. The van der Waals surface area contributed by atoms with Crippen molar-refractivity contribution in [3.05, 3.63) is 24.3 Å². The second-order valence-corrected chi connectivity index (χ2v) is 6.78. The standard InChI is InChI=1S/C14H23N3O2S/c1-15-13-7-3-4-8-14(13)20(18,19)16-9-12-17-10-5-2-6-11-17/h3-4,7-8,15-16H,2,5-6,9-12H2,1H3. The van der Waals surface area contributed by atoms with Gasteiger partial charge in [0.05, 0.1) is 5.69 Å². The van der Waals surface area contributed by atoms with E-state index in [-0.39, 0.29) is 0 Å². The number of hydrogen-bond acceptors (Lipinski definition) is 4. The van der Waals surface area contributed by atoms with E-state index in [1.54, 1.807) is 25.2 Å². The van der Waals surface area contributed by atoms with Crippen LogP contribution in [-0.2, 0) is 10.0 Å². The van der Waals surface area contributed by atoms with Gasteiger partial charge in [-0.15, -0.1) is 0 Å². The van der Waals surface area contributed by atoms with E-state index in [0.29, 0.717) is 17.1 Å². The molecule has 0 atom stereocenters. The Morgan fingerprint density at radius 1 is 1.15 bits per heavy atom. The lowest BCUT2D eigenvalue weighted by Gasteiger charge is -2.26. The van der Waals surface area contributed by atoms with Crippen LogP contribution in [0.25, 0.3) is 0 Å². The van der Waals surface area contributed by atoms with Crippen molar-refractivity contribution < 1.29 is 8.42 Å². The highest BCUT2D eigenvalue weighted by molar-refractivity contribution is 7.89. The molecule has 0 spiro atoms. The average molecular weight is 297 g/mol. The molecule has 0 amide bonds. The minimum Gasteiger partial charge on any atom is -0.387 e. The number of para-hydroxylation sites is 1. The van der Waals surface area contributed by atoms with E-state index in [9.17, 15) is 8.42 Å². The van der Waals surface area contributed by atoms with Crippen LogP contribution in [0.5, 0.6) is 0 Å². The van der Waals surface area contributed by atoms with Gasteiger partial charge >= 0.3 is 0 Å². The molecule has 0 saturated carbocycles. The van der Waals surface area contributed by atoms with Gasteiger partial charge in [0.25, 0.3) is 0 Å². The Morgan fingerprint density at radius 2 is 1.85 bits per heavy atom. The Hall–Kier alpha value is -1.11. The van der Waals surface area contributed by atoms with Crippen LogP contribution in [0, 0.1) is 0 Å². The zero-order chi connectivity index (χ0) is 14.4. The Balaban J connectivity index is 1.93. The summed E-state index contributed by atoms with van der Waals surface area (Å²) in [6.07, 6.45) is 3.72. The van der Waals surface area contributed by atoms with Crippen molar-refractivity contribution in [3.8, 4) is 0 Å². The lowest BCUT2D eigenvalue weighted by molar-refractivity contribution is 0.233. The highest BCUT2D eigenvalue weighted by atomic mass is 32.2. The van der Waals surface area contributed by atoms with E-state index in [1.165, 1.54) is 19.3 Å². The van der Waals surface area contributed by atoms with Gasteiger partial charge in [0.15, 0.2) is 0 Å². The number of nitrogens with zero attached hydrogens (tertiary/aromatic N) is 1. The third-order valence-corrected chi connectivity index (χ3v) is 5.13. The van der Waals surface area contributed by atoms with Crippen LogP contribution in [-0.4, -0.2) is 46.5 Å². The van der Waals surface area contributed by atoms with Crippen molar-refractivity contribution in [2.75, 3.05) is 38.5 Å². The molecule has 0 aromatic heterocycles. The molecule has 2 N–H and O–H groups in total. The first kappa shape index (κ1) is 15.3. The molecule has 0 bridgehead atoms. The van der Waals surface area contributed by atoms with Gasteiger partial charge in [-0.05, 0) is 38.1 Å². The van der Waals surface area contributed by atoms with Gasteiger partial charge in [0.2, 0.25) is 10.0 Å². The summed E-state index contributed by atoms with van der Waals surface area (Å²) in [7, 11) is -1.72. The van der Waals surface area contributed by atoms with Crippen LogP contribution in [0.4, 0.5) is 5.69 Å². The number of piperidine rings is 1. The molecule has 1 aromatic rings. The third-order valence-electron chi connectivity index (χ3n) is 3.61. The Morgan fingerprint density at radius 3 is 2.55 bits per heavy atom. The first-order chi connectivity index (χ1) is 9.63. The quantitative estimate of drug-likeness (QED) is 0.835. The smallest absolute Gasteiger partial charge is 0.242 e. The summed E-state index contributed by atoms with van der Waals surface area (Å²) in [6.45, 7) is 3.39. The molecule has 0 aliphatic carbocycles. The Labute approximate surface area is 121 Å². The summed E-state index contributed by atoms with van der Waals surface area (Å²) >= 11 is 0. The van der Waals surface area contributed by atoms with Gasteiger partial charge in [-0.1, -0.05) is 18.6 Å². The van der Waals surface area contributed by atoms with E-state index < -0.39 is 10.0 Å². The first-order valence-corrected chi connectivity index (χ1v) is 8.60. The molecule has 1 fully saturated rings. The largest absolute Gasteiger partial charge is 0.387 e. The fraction of sp³-hybridized carbons (Fsp3) is 0.571. The van der Waals surface area contributed by atoms with Crippen molar-refractivity contribution in [1.82, 2.24) is 9.62 Å². The first-order valence-electron chi connectivity index (χ1n) is 7.12. The van der Waals surface area contributed by atoms with E-state index in [2.05, 4.69) is 14.9 Å². The van der Waals surface area contributed by atoms with E-state index in [0.717, 1.165) is 19.6 Å². The number of likely N-dealkylation sites (tertiary alicyclic amines) is 1. The maximum Gasteiger partial charge on any atom is 0.242 e. The van der Waals surface area contributed by atoms with E-state index >= 15 is 0 Å². The molecule has 1 aromatic carbocycles. The summed E-state index contributed by atoms with van der Waals surface area (Å²) < 4.78 is 27.3. The van der Waals surface area contributed by atoms with Crippen LogP contribution in [0.3, 0.4) is 0 Å². The van der Waals surface area contributed by atoms with Gasteiger partial charge in [-0.25, -0.2) is 13.1 Å². The summed E-state index contributed by atoms with van der Waals surface area (Å²) in [5.74, 6) is 0. The third kappa shape index (κ3) is 3.94. The monoisotopic (exact) mass is 297 g/mol. The van der Waals surface area contributed by atoms with Crippen LogP contribution in [0.15, 0.2) is 29.2 Å². The Kier molecular flexibility index (Phi) is 5.39. The fourth-order valence-corrected chi connectivity index (χ4v) is 3.74. The van der Waals surface area contributed by atoms with E-state index in [1.807, 2.05) is 6.07 Å². The normalized spacial score (nSPS) is 17.1. The molecule has 20 heavy (non-hydrogen) atoms. The van der Waals surface area contributed by atoms with E-state index in [4.69, 9.17) is 0 Å². The molecule has 0 radical (unpaired) electrons. The van der Waals surface area contributed by atoms with Crippen LogP contribution >= 0.6 is 0 Å². The minimum atomic E-state index is -3.44. The number of sulfonamides is 1. The summed E-state index contributed by atoms with van der Waals surface area (Å²) in [6, 6.07) is 6.94. The lowest BCUT2D eigenvalue weighted by atomic mass is 10.1. The predicted octanol–water partition coefficient (Wildman–Crippen LogP) is 1.49. The molecular formula is C14H23N3O2S. The van der Waals surface area contributed by atoms with Crippen molar-refractivity contribution in [1.29, 1.82) is 0 Å². The lowest BCUT2D eigenvalue weighted by Crippen LogP contribution is -2.37. The van der Waals surface area contributed by atoms with Gasteiger partial charge < -0.3 is 10.2 Å². The van der Waals surface area contributed by atoms with Crippen molar-refractivity contribution in [2.45, 2.75) is 24.2 Å². The molecule has 1 aliphatic rings. The molecular weight excluding hydrogens is 274 g/mol. The summed E-state index contributed by atoms with van der Waals surface area (Å²) in [5, 5.41) is 2.91. The second-order valence-electron chi connectivity index (χ2n) is 5.05.